The minimum absolute atomic E-state index is 0.0244. The molecular weight excluding hydrogens is 134 g/mol. The number of aromatic nitrogens is 3. The second kappa shape index (κ2) is 3.07. The molecule has 0 aliphatic heterocycles. The summed E-state index contributed by atoms with van der Waals surface area (Å²) in [6.45, 7) is -0.0244. The minimum Gasteiger partial charge on any atom is -0.479 e. The van der Waals surface area contributed by atoms with E-state index in [1.54, 1.807) is 0 Å². The van der Waals surface area contributed by atoms with Crippen LogP contribution in [0.4, 0.5) is 0 Å². The van der Waals surface area contributed by atoms with Crippen LogP contribution < -0.4 is 0 Å². The number of aliphatic hydroxyl groups excluding tert-OH is 1. The monoisotopic (exact) mass is 141 g/mol. The van der Waals surface area contributed by atoms with Crippen molar-refractivity contribution >= 4 is 0 Å². The standard InChI is InChI=1S/C5H7N3O2/c9-2-1-4-6-3-7-5(10)8-4/h3,9H,1-2H2,(H,6,7,8,10). The summed E-state index contributed by atoms with van der Waals surface area (Å²) >= 11 is 0. The summed E-state index contributed by atoms with van der Waals surface area (Å²) < 4.78 is 0. The molecule has 0 saturated heterocycles. The first-order chi connectivity index (χ1) is 4.83. The van der Waals surface area contributed by atoms with Crippen LogP contribution in [0.5, 0.6) is 6.01 Å². The van der Waals surface area contributed by atoms with Gasteiger partial charge in [-0.25, -0.2) is 4.98 Å². The van der Waals surface area contributed by atoms with Gasteiger partial charge in [0, 0.05) is 6.42 Å². The van der Waals surface area contributed by atoms with E-state index in [1.165, 1.54) is 6.33 Å². The van der Waals surface area contributed by atoms with Crippen molar-refractivity contribution < 1.29 is 10.2 Å². The van der Waals surface area contributed by atoms with E-state index < -0.39 is 0 Å². The van der Waals surface area contributed by atoms with Crippen LogP contribution in [0.1, 0.15) is 5.82 Å². The molecule has 5 nitrogen and oxygen atoms in total. The number of nitrogens with zero attached hydrogens (tertiary/aromatic N) is 3. The second-order valence-corrected chi connectivity index (χ2v) is 1.68. The lowest BCUT2D eigenvalue weighted by Crippen LogP contribution is -1.98. The fourth-order valence-electron chi connectivity index (χ4n) is 0.541. The molecule has 0 unspecified atom stereocenters. The zero-order valence-corrected chi connectivity index (χ0v) is 5.23. The zero-order chi connectivity index (χ0) is 7.40. The van der Waals surface area contributed by atoms with E-state index in [0.717, 1.165) is 0 Å². The molecule has 0 bridgehead atoms. The van der Waals surface area contributed by atoms with E-state index in [9.17, 15) is 0 Å². The van der Waals surface area contributed by atoms with Crippen molar-refractivity contribution in [1.82, 2.24) is 15.0 Å². The van der Waals surface area contributed by atoms with Crippen LogP contribution in [0.2, 0.25) is 0 Å². The Kier molecular flexibility index (Phi) is 2.11. The molecule has 54 valence electrons. The molecule has 1 aromatic rings. The summed E-state index contributed by atoms with van der Waals surface area (Å²) in [4.78, 5) is 10.6. The normalized spacial score (nSPS) is 9.70. The highest BCUT2D eigenvalue weighted by Crippen LogP contribution is 1.95. The van der Waals surface area contributed by atoms with Crippen molar-refractivity contribution in [2.24, 2.45) is 0 Å². The van der Waals surface area contributed by atoms with Gasteiger partial charge in [0.05, 0.1) is 6.61 Å². The molecule has 0 spiro atoms. The molecular formula is C5H7N3O2. The summed E-state index contributed by atoms with van der Waals surface area (Å²) in [5.74, 6) is 0.398. The Labute approximate surface area is 57.4 Å². The van der Waals surface area contributed by atoms with Crippen molar-refractivity contribution in [2.75, 3.05) is 6.61 Å². The number of aliphatic hydroxyl groups is 1. The van der Waals surface area contributed by atoms with Gasteiger partial charge in [-0.1, -0.05) is 0 Å². The van der Waals surface area contributed by atoms with Crippen molar-refractivity contribution in [3.8, 4) is 6.01 Å². The number of hydrogen-bond donors (Lipinski definition) is 2. The van der Waals surface area contributed by atoms with Crippen molar-refractivity contribution in [3.63, 3.8) is 0 Å². The Bertz CT molecular complexity index is 216. The fraction of sp³-hybridized carbons (Fsp3) is 0.400. The molecule has 0 amide bonds. The molecule has 0 fully saturated rings. The van der Waals surface area contributed by atoms with Gasteiger partial charge in [0.25, 0.3) is 0 Å². The third-order valence-electron chi connectivity index (χ3n) is 0.944. The van der Waals surface area contributed by atoms with Crippen LogP contribution in [0.15, 0.2) is 6.33 Å². The van der Waals surface area contributed by atoms with E-state index in [-0.39, 0.29) is 12.6 Å². The molecule has 0 atom stereocenters. The molecule has 0 radical (unpaired) electrons. The summed E-state index contributed by atoms with van der Waals surface area (Å²) in [6.07, 6.45) is 1.55. The molecule has 1 rings (SSSR count). The first-order valence-electron chi connectivity index (χ1n) is 2.80. The topological polar surface area (TPSA) is 79.1 Å². The molecule has 0 aromatic carbocycles. The van der Waals surface area contributed by atoms with Gasteiger partial charge in [-0.3, -0.25) is 0 Å². The average molecular weight is 141 g/mol. The van der Waals surface area contributed by atoms with E-state index in [1.807, 2.05) is 0 Å². The molecule has 10 heavy (non-hydrogen) atoms. The summed E-state index contributed by atoms with van der Waals surface area (Å²) in [5, 5.41) is 17.1. The maximum absolute atomic E-state index is 8.70. The van der Waals surface area contributed by atoms with Gasteiger partial charge in [0.2, 0.25) is 0 Å². The highest BCUT2D eigenvalue weighted by Gasteiger charge is 1.95. The van der Waals surface area contributed by atoms with E-state index in [2.05, 4.69) is 15.0 Å². The van der Waals surface area contributed by atoms with Gasteiger partial charge >= 0.3 is 6.01 Å². The quantitative estimate of drug-likeness (QED) is 0.558. The third kappa shape index (κ3) is 1.63. The maximum atomic E-state index is 8.70. The zero-order valence-electron chi connectivity index (χ0n) is 5.23. The minimum atomic E-state index is -0.307. The highest BCUT2D eigenvalue weighted by molar-refractivity contribution is 4.92. The van der Waals surface area contributed by atoms with Crippen molar-refractivity contribution in [2.45, 2.75) is 6.42 Å². The molecule has 0 aliphatic rings. The fourth-order valence-corrected chi connectivity index (χ4v) is 0.541. The van der Waals surface area contributed by atoms with Crippen LogP contribution >= 0.6 is 0 Å². The lowest BCUT2D eigenvalue weighted by Gasteiger charge is -1.93. The van der Waals surface area contributed by atoms with Crippen LogP contribution in [0.25, 0.3) is 0 Å². The molecule has 2 N–H and O–H groups in total. The number of hydrogen-bond acceptors (Lipinski definition) is 5. The van der Waals surface area contributed by atoms with Crippen LogP contribution in [-0.2, 0) is 6.42 Å². The first kappa shape index (κ1) is 6.88. The van der Waals surface area contributed by atoms with Gasteiger partial charge in [-0.2, -0.15) is 9.97 Å². The van der Waals surface area contributed by atoms with E-state index in [4.69, 9.17) is 10.2 Å². The molecule has 0 aliphatic carbocycles. The number of aromatic hydroxyl groups is 1. The Balaban J connectivity index is 2.75. The van der Waals surface area contributed by atoms with E-state index >= 15 is 0 Å². The van der Waals surface area contributed by atoms with Crippen molar-refractivity contribution in [3.05, 3.63) is 12.2 Å². The lowest BCUT2D eigenvalue weighted by molar-refractivity contribution is 0.295. The Hall–Kier alpha value is -1.23. The molecule has 0 saturated carbocycles. The molecule has 5 heteroatoms. The lowest BCUT2D eigenvalue weighted by atomic mass is 10.4. The second-order valence-electron chi connectivity index (χ2n) is 1.68. The van der Waals surface area contributed by atoms with Crippen molar-refractivity contribution in [1.29, 1.82) is 0 Å². The van der Waals surface area contributed by atoms with Gasteiger partial charge in [-0.15, -0.1) is 0 Å². The Morgan fingerprint density at radius 2 is 2.20 bits per heavy atom. The predicted molar refractivity (Wildman–Crippen MR) is 32.3 cm³/mol. The molecule has 1 aromatic heterocycles. The summed E-state index contributed by atoms with van der Waals surface area (Å²) in [5.41, 5.74) is 0. The van der Waals surface area contributed by atoms with Crippen LogP contribution in [0.3, 0.4) is 0 Å². The number of rotatable bonds is 2. The van der Waals surface area contributed by atoms with E-state index in [0.29, 0.717) is 12.2 Å². The largest absolute Gasteiger partial charge is 0.479 e. The smallest absolute Gasteiger partial charge is 0.317 e. The molecule has 1 heterocycles. The maximum Gasteiger partial charge on any atom is 0.317 e. The van der Waals surface area contributed by atoms with Gasteiger partial charge in [0.15, 0.2) is 0 Å². The van der Waals surface area contributed by atoms with Crippen LogP contribution in [-0.4, -0.2) is 31.8 Å². The SMILES string of the molecule is OCCc1ncnc(O)n1. The Morgan fingerprint density at radius 1 is 1.40 bits per heavy atom. The summed E-state index contributed by atoms with van der Waals surface area (Å²) in [7, 11) is 0. The highest BCUT2D eigenvalue weighted by atomic mass is 16.3. The average Bonchev–Trinajstić information content (AvgIpc) is 1.88. The predicted octanol–water partition coefficient (Wildman–Crippen LogP) is -0.888. The summed E-state index contributed by atoms with van der Waals surface area (Å²) in [6, 6.07) is -0.307. The Morgan fingerprint density at radius 3 is 2.80 bits per heavy atom. The van der Waals surface area contributed by atoms with Gasteiger partial charge in [-0.05, 0) is 0 Å². The first-order valence-corrected chi connectivity index (χ1v) is 2.80. The van der Waals surface area contributed by atoms with Gasteiger partial charge in [0.1, 0.15) is 12.2 Å². The van der Waals surface area contributed by atoms with Crippen LogP contribution in [0, 0.1) is 0 Å². The van der Waals surface area contributed by atoms with Gasteiger partial charge < -0.3 is 10.2 Å². The third-order valence-corrected chi connectivity index (χ3v) is 0.944.